The van der Waals surface area contributed by atoms with Crippen LogP contribution in [0.2, 0.25) is 0 Å². The Morgan fingerprint density at radius 1 is 1.11 bits per heavy atom. The van der Waals surface area contributed by atoms with Crippen molar-refractivity contribution in [3.05, 3.63) is 53.6 Å². The van der Waals surface area contributed by atoms with Crippen molar-refractivity contribution in [3.8, 4) is 5.75 Å². The predicted octanol–water partition coefficient (Wildman–Crippen LogP) is 4.82. The molecule has 0 fully saturated rings. The van der Waals surface area contributed by atoms with E-state index in [-0.39, 0.29) is 23.7 Å². The first-order chi connectivity index (χ1) is 12.6. The van der Waals surface area contributed by atoms with Gasteiger partial charge in [-0.15, -0.1) is 0 Å². The van der Waals surface area contributed by atoms with Crippen LogP contribution in [0.15, 0.2) is 36.4 Å². The number of anilines is 2. The van der Waals surface area contributed by atoms with Crippen LogP contribution in [0.1, 0.15) is 19.4 Å². The number of amides is 1. The number of carbonyl (C=O) groups excluding carboxylic acids is 1. The third kappa shape index (κ3) is 5.32. The van der Waals surface area contributed by atoms with E-state index in [1.165, 1.54) is 13.0 Å². The van der Waals surface area contributed by atoms with Crippen LogP contribution < -0.4 is 15.4 Å². The lowest BCUT2D eigenvalue weighted by atomic mass is 10.1. The zero-order chi connectivity index (χ0) is 20.2. The summed E-state index contributed by atoms with van der Waals surface area (Å²) < 4.78 is 70.2. The predicted molar refractivity (Wildman–Crippen MR) is 90.7 cm³/mol. The van der Waals surface area contributed by atoms with Gasteiger partial charge in [0.1, 0.15) is 11.8 Å². The first kappa shape index (κ1) is 20.5. The molecule has 146 valence electrons. The highest BCUT2D eigenvalue weighted by Gasteiger charge is 2.31. The van der Waals surface area contributed by atoms with Gasteiger partial charge in [-0.3, -0.25) is 4.79 Å². The summed E-state index contributed by atoms with van der Waals surface area (Å²) in [4.78, 5) is 12.2. The lowest BCUT2D eigenvalue weighted by Crippen LogP contribution is -2.32. The number of nitrogens with one attached hydrogen (secondary N) is 2. The highest BCUT2D eigenvalue weighted by Crippen LogP contribution is 2.35. The van der Waals surface area contributed by atoms with Gasteiger partial charge in [0.15, 0.2) is 11.6 Å². The van der Waals surface area contributed by atoms with Crippen molar-refractivity contribution in [2.24, 2.45) is 0 Å². The SMILES string of the molecule is CCOc1ccc(C(F)(F)F)cc1NC(C)C(=O)Nc1ccc(F)c(F)c1. The molecule has 0 aliphatic carbocycles. The molecule has 0 spiro atoms. The van der Waals surface area contributed by atoms with Gasteiger partial charge in [-0.25, -0.2) is 8.78 Å². The van der Waals surface area contributed by atoms with E-state index >= 15 is 0 Å². The van der Waals surface area contributed by atoms with E-state index < -0.39 is 35.3 Å². The Hall–Kier alpha value is -2.84. The molecule has 2 rings (SSSR count). The largest absolute Gasteiger partial charge is 0.492 e. The Bertz CT molecular complexity index is 824. The van der Waals surface area contributed by atoms with Crippen molar-refractivity contribution in [1.29, 1.82) is 0 Å². The van der Waals surface area contributed by atoms with Crippen LogP contribution in [0.25, 0.3) is 0 Å². The van der Waals surface area contributed by atoms with Gasteiger partial charge in [0.05, 0.1) is 17.9 Å². The molecule has 1 unspecified atom stereocenters. The van der Waals surface area contributed by atoms with Crippen molar-refractivity contribution >= 4 is 17.3 Å². The number of benzene rings is 2. The molecule has 1 atom stereocenters. The Balaban J connectivity index is 2.18. The first-order valence-electron chi connectivity index (χ1n) is 7.98. The van der Waals surface area contributed by atoms with Crippen LogP contribution in [0.3, 0.4) is 0 Å². The molecule has 0 heterocycles. The van der Waals surface area contributed by atoms with Crippen LogP contribution in [0, 0.1) is 11.6 Å². The molecule has 27 heavy (non-hydrogen) atoms. The Morgan fingerprint density at radius 3 is 2.41 bits per heavy atom. The fourth-order valence-corrected chi connectivity index (χ4v) is 2.22. The van der Waals surface area contributed by atoms with E-state index in [0.717, 1.165) is 30.3 Å². The van der Waals surface area contributed by atoms with Crippen LogP contribution in [-0.2, 0) is 11.0 Å². The second-order valence-electron chi connectivity index (χ2n) is 5.63. The Morgan fingerprint density at radius 2 is 1.81 bits per heavy atom. The van der Waals surface area contributed by atoms with Crippen LogP contribution in [0.5, 0.6) is 5.75 Å². The van der Waals surface area contributed by atoms with Crippen LogP contribution in [0.4, 0.5) is 33.3 Å². The smallest absolute Gasteiger partial charge is 0.416 e. The molecular weight excluding hydrogens is 371 g/mol. The molecule has 0 aromatic heterocycles. The van der Waals surface area contributed by atoms with E-state index in [1.54, 1.807) is 6.92 Å². The van der Waals surface area contributed by atoms with E-state index in [0.29, 0.717) is 0 Å². The minimum absolute atomic E-state index is 0.0142. The number of carbonyl (C=O) groups is 1. The molecular formula is C18H17F5N2O2. The fraction of sp³-hybridized carbons (Fsp3) is 0.278. The topological polar surface area (TPSA) is 50.4 Å². The van der Waals surface area contributed by atoms with E-state index in [9.17, 15) is 26.7 Å². The van der Waals surface area contributed by atoms with E-state index in [2.05, 4.69) is 10.6 Å². The van der Waals surface area contributed by atoms with Crippen molar-refractivity contribution in [3.63, 3.8) is 0 Å². The molecule has 0 aliphatic heterocycles. The van der Waals surface area contributed by atoms with Crippen LogP contribution in [-0.4, -0.2) is 18.6 Å². The molecule has 0 bridgehead atoms. The molecule has 0 radical (unpaired) electrons. The average molecular weight is 388 g/mol. The van der Waals surface area contributed by atoms with Gasteiger partial charge in [0.2, 0.25) is 5.91 Å². The minimum atomic E-state index is -4.56. The maximum absolute atomic E-state index is 13.2. The number of alkyl halides is 3. The third-order valence-corrected chi connectivity index (χ3v) is 3.56. The Kier molecular flexibility index (Phi) is 6.24. The van der Waals surface area contributed by atoms with Crippen molar-refractivity contribution in [1.82, 2.24) is 0 Å². The second-order valence-corrected chi connectivity index (χ2v) is 5.63. The van der Waals surface area contributed by atoms with E-state index in [1.807, 2.05) is 0 Å². The van der Waals surface area contributed by atoms with Gasteiger partial charge in [-0.2, -0.15) is 13.2 Å². The Labute approximate surface area is 152 Å². The number of hydrogen-bond donors (Lipinski definition) is 2. The average Bonchev–Trinajstić information content (AvgIpc) is 2.58. The summed E-state index contributed by atoms with van der Waals surface area (Å²) in [6, 6.07) is 4.71. The quantitative estimate of drug-likeness (QED) is 0.698. The molecule has 4 nitrogen and oxygen atoms in total. The number of halogens is 5. The zero-order valence-corrected chi connectivity index (χ0v) is 14.5. The molecule has 2 aromatic carbocycles. The molecule has 1 amide bonds. The van der Waals surface area contributed by atoms with Crippen molar-refractivity contribution < 1.29 is 31.5 Å². The highest BCUT2D eigenvalue weighted by atomic mass is 19.4. The maximum Gasteiger partial charge on any atom is 0.416 e. The highest BCUT2D eigenvalue weighted by molar-refractivity contribution is 5.96. The summed E-state index contributed by atoms with van der Waals surface area (Å²) >= 11 is 0. The normalized spacial score (nSPS) is 12.4. The lowest BCUT2D eigenvalue weighted by molar-refractivity contribution is -0.137. The maximum atomic E-state index is 13.2. The number of rotatable bonds is 6. The van der Waals surface area contributed by atoms with Gasteiger partial charge in [0, 0.05) is 11.8 Å². The molecule has 0 aliphatic rings. The molecule has 2 aromatic rings. The summed E-state index contributed by atoms with van der Waals surface area (Å²) in [5, 5.41) is 5.00. The van der Waals surface area contributed by atoms with Crippen molar-refractivity contribution in [2.45, 2.75) is 26.1 Å². The summed E-state index contributed by atoms with van der Waals surface area (Å²) in [5.41, 5.74) is -0.900. The zero-order valence-electron chi connectivity index (χ0n) is 14.5. The van der Waals surface area contributed by atoms with Gasteiger partial charge in [-0.1, -0.05) is 0 Å². The summed E-state index contributed by atoms with van der Waals surface area (Å²) in [6.07, 6.45) is -4.56. The minimum Gasteiger partial charge on any atom is -0.492 e. The van der Waals surface area contributed by atoms with Crippen molar-refractivity contribution in [2.75, 3.05) is 17.2 Å². The summed E-state index contributed by atoms with van der Waals surface area (Å²) in [6.45, 7) is 3.29. The van der Waals surface area contributed by atoms with Gasteiger partial charge >= 0.3 is 6.18 Å². The second kappa shape index (κ2) is 8.24. The van der Waals surface area contributed by atoms with Gasteiger partial charge in [-0.05, 0) is 44.2 Å². The standard InChI is InChI=1S/C18H17F5N2O2/c1-3-27-16-7-4-11(18(21,22)23)8-15(16)24-10(2)17(26)25-12-5-6-13(19)14(20)9-12/h4-10,24H,3H2,1-2H3,(H,25,26). The molecule has 2 N–H and O–H groups in total. The summed E-state index contributed by atoms with van der Waals surface area (Å²) in [7, 11) is 0. The molecule has 0 saturated heterocycles. The van der Waals surface area contributed by atoms with Crippen LogP contribution >= 0.6 is 0 Å². The fourth-order valence-electron chi connectivity index (χ4n) is 2.22. The lowest BCUT2D eigenvalue weighted by Gasteiger charge is -2.19. The number of ether oxygens (including phenoxy) is 1. The molecule has 0 saturated carbocycles. The summed E-state index contributed by atoms with van der Waals surface area (Å²) in [5.74, 6) is -2.70. The number of hydrogen-bond acceptors (Lipinski definition) is 3. The van der Waals surface area contributed by atoms with Gasteiger partial charge in [0.25, 0.3) is 0 Å². The third-order valence-electron chi connectivity index (χ3n) is 3.56. The molecule has 9 heteroatoms. The van der Waals surface area contributed by atoms with Gasteiger partial charge < -0.3 is 15.4 Å². The van der Waals surface area contributed by atoms with E-state index in [4.69, 9.17) is 4.74 Å². The monoisotopic (exact) mass is 388 g/mol. The first-order valence-corrected chi connectivity index (χ1v) is 7.98.